The molecular formula is C19H14ClN5O2. The van der Waals surface area contributed by atoms with Crippen LogP contribution in [0.3, 0.4) is 0 Å². The number of rotatable bonds is 4. The van der Waals surface area contributed by atoms with Crippen LogP contribution in [-0.2, 0) is 6.42 Å². The maximum Gasteiger partial charge on any atom is 0.231 e. The van der Waals surface area contributed by atoms with E-state index in [2.05, 4.69) is 20.6 Å². The highest BCUT2D eigenvalue weighted by Crippen LogP contribution is 2.33. The fourth-order valence-corrected chi connectivity index (χ4v) is 3.15. The summed E-state index contributed by atoms with van der Waals surface area (Å²) in [5, 5.41) is 17.0. The van der Waals surface area contributed by atoms with Crippen molar-refractivity contribution in [2.75, 3.05) is 12.1 Å². The molecule has 1 aliphatic heterocycles. The molecule has 0 radical (unpaired) electrons. The van der Waals surface area contributed by atoms with E-state index in [1.165, 1.54) is 0 Å². The van der Waals surface area contributed by atoms with Crippen LogP contribution in [0.15, 0.2) is 54.6 Å². The normalized spacial score (nSPS) is 12.5. The zero-order valence-corrected chi connectivity index (χ0v) is 14.8. The molecular weight excluding hydrogens is 366 g/mol. The van der Waals surface area contributed by atoms with Gasteiger partial charge < -0.3 is 14.8 Å². The van der Waals surface area contributed by atoms with Gasteiger partial charge >= 0.3 is 0 Å². The average molecular weight is 380 g/mol. The number of nitrogens with zero attached hydrogens (tertiary/aromatic N) is 4. The topological polar surface area (TPSA) is 73.6 Å². The van der Waals surface area contributed by atoms with Crippen molar-refractivity contribution in [1.29, 1.82) is 0 Å². The Morgan fingerprint density at radius 3 is 2.85 bits per heavy atom. The number of hydrogen-bond acceptors (Lipinski definition) is 6. The van der Waals surface area contributed by atoms with Crippen LogP contribution >= 0.6 is 11.6 Å². The van der Waals surface area contributed by atoms with E-state index in [0.717, 1.165) is 28.6 Å². The monoisotopic (exact) mass is 379 g/mol. The summed E-state index contributed by atoms with van der Waals surface area (Å²) in [6.07, 6.45) is 0.575. The third kappa shape index (κ3) is 3.13. The van der Waals surface area contributed by atoms with Gasteiger partial charge in [-0.3, -0.25) is 0 Å². The predicted octanol–water partition coefficient (Wildman–Crippen LogP) is 3.84. The SMILES string of the molecule is Clc1cccc(Nc2ccc3nnc(Cc4ccc5c(c4)OCO5)n3n2)c1. The molecule has 2 aromatic carbocycles. The van der Waals surface area contributed by atoms with Gasteiger partial charge in [0.15, 0.2) is 28.8 Å². The van der Waals surface area contributed by atoms with Crippen LogP contribution in [0.4, 0.5) is 11.5 Å². The second-order valence-electron chi connectivity index (χ2n) is 6.10. The summed E-state index contributed by atoms with van der Waals surface area (Å²) in [5.74, 6) is 2.92. The van der Waals surface area contributed by atoms with E-state index in [0.29, 0.717) is 22.9 Å². The summed E-state index contributed by atoms with van der Waals surface area (Å²) in [6, 6.07) is 17.1. The first kappa shape index (κ1) is 15.9. The van der Waals surface area contributed by atoms with E-state index >= 15 is 0 Å². The van der Waals surface area contributed by atoms with Crippen LogP contribution in [0.2, 0.25) is 5.02 Å². The first-order valence-electron chi connectivity index (χ1n) is 8.37. The lowest BCUT2D eigenvalue weighted by Crippen LogP contribution is -2.03. The molecule has 0 saturated carbocycles. The molecule has 7 nitrogen and oxygen atoms in total. The Kier molecular flexibility index (Phi) is 3.79. The lowest BCUT2D eigenvalue weighted by atomic mass is 10.1. The molecule has 0 bridgehead atoms. The first-order valence-corrected chi connectivity index (χ1v) is 8.75. The van der Waals surface area contributed by atoms with E-state index in [1.807, 2.05) is 54.6 Å². The minimum Gasteiger partial charge on any atom is -0.454 e. The molecule has 0 spiro atoms. The van der Waals surface area contributed by atoms with Gasteiger partial charge in [-0.2, -0.15) is 4.52 Å². The van der Waals surface area contributed by atoms with Gasteiger partial charge in [-0.05, 0) is 48.0 Å². The van der Waals surface area contributed by atoms with E-state index in [1.54, 1.807) is 4.52 Å². The Balaban J connectivity index is 1.44. The number of anilines is 2. The van der Waals surface area contributed by atoms with Gasteiger partial charge in [-0.1, -0.05) is 23.7 Å². The highest BCUT2D eigenvalue weighted by atomic mass is 35.5. The second-order valence-corrected chi connectivity index (χ2v) is 6.54. The molecule has 4 aromatic rings. The van der Waals surface area contributed by atoms with Crippen molar-refractivity contribution in [2.24, 2.45) is 0 Å². The Morgan fingerprint density at radius 2 is 1.93 bits per heavy atom. The molecule has 0 fully saturated rings. The van der Waals surface area contributed by atoms with Crippen LogP contribution in [0.25, 0.3) is 5.65 Å². The molecule has 0 saturated heterocycles. The van der Waals surface area contributed by atoms with Crippen LogP contribution in [0.5, 0.6) is 11.5 Å². The number of ether oxygens (including phenoxy) is 2. The molecule has 0 atom stereocenters. The fraction of sp³-hybridized carbons (Fsp3) is 0.105. The number of halogens is 1. The minimum absolute atomic E-state index is 0.257. The van der Waals surface area contributed by atoms with Gasteiger partial charge in [0.05, 0.1) is 0 Å². The van der Waals surface area contributed by atoms with Crippen molar-refractivity contribution in [3.05, 3.63) is 71.0 Å². The highest BCUT2D eigenvalue weighted by molar-refractivity contribution is 6.30. The molecule has 0 amide bonds. The number of aromatic nitrogens is 4. The van der Waals surface area contributed by atoms with Gasteiger partial charge in [-0.25, -0.2) is 0 Å². The van der Waals surface area contributed by atoms with Gasteiger partial charge in [0.25, 0.3) is 0 Å². The third-order valence-electron chi connectivity index (χ3n) is 4.22. The van der Waals surface area contributed by atoms with Crippen molar-refractivity contribution in [3.8, 4) is 11.5 Å². The standard InChI is InChI=1S/C19H14ClN5O2/c20-13-2-1-3-14(10-13)21-17-6-7-18-22-23-19(25(18)24-17)9-12-4-5-15-16(8-12)27-11-26-15/h1-8,10H,9,11H2,(H,21,24). The van der Waals surface area contributed by atoms with E-state index < -0.39 is 0 Å². The van der Waals surface area contributed by atoms with E-state index in [4.69, 9.17) is 21.1 Å². The molecule has 0 aliphatic carbocycles. The van der Waals surface area contributed by atoms with Gasteiger partial charge in [0.1, 0.15) is 0 Å². The molecule has 2 aromatic heterocycles. The van der Waals surface area contributed by atoms with Crippen molar-refractivity contribution in [3.63, 3.8) is 0 Å². The summed E-state index contributed by atoms with van der Waals surface area (Å²) in [7, 11) is 0. The minimum atomic E-state index is 0.257. The van der Waals surface area contributed by atoms with Gasteiger partial charge in [0.2, 0.25) is 6.79 Å². The summed E-state index contributed by atoms with van der Waals surface area (Å²) in [5.41, 5.74) is 2.59. The summed E-state index contributed by atoms with van der Waals surface area (Å²) < 4.78 is 12.5. The molecule has 5 rings (SSSR count). The predicted molar refractivity (Wildman–Crippen MR) is 101 cm³/mol. The van der Waals surface area contributed by atoms with Crippen LogP contribution in [-0.4, -0.2) is 26.6 Å². The van der Waals surface area contributed by atoms with Gasteiger partial charge in [-0.15, -0.1) is 15.3 Å². The molecule has 3 heterocycles. The Labute approximate surface area is 159 Å². The van der Waals surface area contributed by atoms with Crippen molar-refractivity contribution < 1.29 is 9.47 Å². The average Bonchev–Trinajstić information content (AvgIpc) is 3.28. The van der Waals surface area contributed by atoms with Crippen molar-refractivity contribution in [1.82, 2.24) is 19.8 Å². The Hall–Kier alpha value is -3.32. The zero-order chi connectivity index (χ0) is 18.2. The quantitative estimate of drug-likeness (QED) is 0.580. The molecule has 1 aliphatic rings. The number of fused-ring (bicyclic) bond motifs is 2. The van der Waals surface area contributed by atoms with Crippen LogP contribution in [0, 0.1) is 0 Å². The van der Waals surface area contributed by atoms with Crippen molar-refractivity contribution >= 4 is 28.8 Å². The number of hydrogen-bond donors (Lipinski definition) is 1. The van der Waals surface area contributed by atoms with Crippen molar-refractivity contribution in [2.45, 2.75) is 6.42 Å². The maximum atomic E-state index is 6.04. The molecule has 27 heavy (non-hydrogen) atoms. The first-order chi connectivity index (χ1) is 13.2. The highest BCUT2D eigenvalue weighted by Gasteiger charge is 2.15. The second kappa shape index (κ2) is 6.44. The Morgan fingerprint density at radius 1 is 1.00 bits per heavy atom. The molecule has 0 unspecified atom stereocenters. The largest absolute Gasteiger partial charge is 0.454 e. The smallest absolute Gasteiger partial charge is 0.231 e. The lowest BCUT2D eigenvalue weighted by Gasteiger charge is -2.07. The molecule has 8 heteroatoms. The molecule has 134 valence electrons. The fourth-order valence-electron chi connectivity index (χ4n) is 2.96. The summed E-state index contributed by atoms with van der Waals surface area (Å²) in [6.45, 7) is 0.257. The van der Waals surface area contributed by atoms with Crippen LogP contribution < -0.4 is 14.8 Å². The summed E-state index contributed by atoms with van der Waals surface area (Å²) >= 11 is 6.04. The maximum absolute atomic E-state index is 6.04. The van der Waals surface area contributed by atoms with E-state index in [-0.39, 0.29) is 6.79 Å². The van der Waals surface area contributed by atoms with Gasteiger partial charge in [0, 0.05) is 17.1 Å². The number of benzene rings is 2. The summed E-state index contributed by atoms with van der Waals surface area (Å²) in [4.78, 5) is 0. The lowest BCUT2D eigenvalue weighted by molar-refractivity contribution is 0.174. The number of nitrogens with one attached hydrogen (secondary N) is 1. The van der Waals surface area contributed by atoms with Crippen LogP contribution in [0.1, 0.15) is 11.4 Å². The van der Waals surface area contributed by atoms with E-state index in [9.17, 15) is 0 Å². The zero-order valence-electron chi connectivity index (χ0n) is 14.1. The third-order valence-corrected chi connectivity index (χ3v) is 4.46. The Bertz CT molecular complexity index is 1140. The molecule has 1 N–H and O–H groups in total.